The molecule has 3 aromatic carbocycles. The Morgan fingerprint density at radius 2 is 1.68 bits per heavy atom. The van der Waals surface area contributed by atoms with Gasteiger partial charge in [-0.25, -0.2) is 0 Å². The average molecular weight is 479 g/mol. The van der Waals surface area contributed by atoms with E-state index in [0.717, 1.165) is 47.6 Å². The van der Waals surface area contributed by atoms with Crippen molar-refractivity contribution < 1.29 is 14.3 Å². The summed E-state index contributed by atoms with van der Waals surface area (Å²) in [5.74, 6) is 0.918. The first-order chi connectivity index (χ1) is 16.5. The Morgan fingerprint density at radius 3 is 2.35 bits per heavy atom. The molecule has 1 saturated heterocycles. The van der Waals surface area contributed by atoms with Gasteiger partial charge in [0.05, 0.1) is 19.8 Å². The normalized spacial score (nSPS) is 15.2. The highest BCUT2D eigenvalue weighted by molar-refractivity contribution is 6.30. The Morgan fingerprint density at radius 1 is 0.971 bits per heavy atom. The highest BCUT2D eigenvalue weighted by atomic mass is 35.5. The molecule has 1 aliphatic rings. The minimum atomic E-state index is -0.109. The Hall–Kier alpha value is -2.86. The van der Waals surface area contributed by atoms with E-state index in [9.17, 15) is 4.79 Å². The maximum absolute atomic E-state index is 12.9. The lowest BCUT2D eigenvalue weighted by Gasteiger charge is -2.36. The molecule has 34 heavy (non-hydrogen) atoms. The van der Waals surface area contributed by atoms with Crippen LogP contribution in [0.3, 0.4) is 0 Å². The Balaban J connectivity index is 1.38. The van der Waals surface area contributed by atoms with Crippen LogP contribution >= 0.6 is 11.6 Å². The SMILES string of the molecule is COc1cccc(CO[C@H](CN2CCN(C(=O)c3ccc(C)cc3)CC2)c2ccc(Cl)cc2)c1. The maximum atomic E-state index is 12.9. The highest BCUT2D eigenvalue weighted by Gasteiger charge is 2.25. The lowest BCUT2D eigenvalue weighted by molar-refractivity contribution is 0.00337. The minimum Gasteiger partial charge on any atom is -0.497 e. The number of hydrogen-bond acceptors (Lipinski definition) is 4. The fraction of sp³-hybridized carbons (Fsp3) is 0.321. The lowest BCUT2D eigenvalue weighted by atomic mass is 10.1. The van der Waals surface area contributed by atoms with E-state index in [-0.39, 0.29) is 12.0 Å². The molecule has 1 heterocycles. The number of aryl methyl sites for hydroxylation is 1. The summed E-state index contributed by atoms with van der Waals surface area (Å²) in [5, 5.41) is 0.707. The molecule has 1 aliphatic heterocycles. The number of carbonyl (C=O) groups is 1. The number of ether oxygens (including phenoxy) is 2. The zero-order valence-electron chi connectivity index (χ0n) is 19.7. The fourth-order valence-electron chi connectivity index (χ4n) is 4.14. The Labute approximate surface area is 206 Å². The van der Waals surface area contributed by atoms with Crippen molar-refractivity contribution in [3.05, 3.63) is 100 Å². The molecule has 5 nitrogen and oxygen atoms in total. The summed E-state index contributed by atoms with van der Waals surface area (Å²) < 4.78 is 11.7. The van der Waals surface area contributed by atoms with E-state index in [1.54, 1.807) is 7.11 Å². The predicted molar refractivity (Wildman–Crippen MR) is 135 cm³/mol. The van der Waals surface area contributed by atoms with Gasteiger partial charge in [-0.2, -0.15) is 0 Å². The van der Waals surface area contributed by atoms with Crippen LogP contribution in [-0.4, -0.2) is 55.5 Å². The van der Waals surface area contributed by atoms with Crippen molar-refractivity contribution in [2.75, 3.05) is 39.8 Å². The number of benzene rings is 3. The van der Waals surface area contributed by atoms with Gasteiger partial charge in [0, 0.05) is 43.3 Å². The lowest BCUT2D eigenvalue weighted by Crippen LogP contribution is -2.49. The molecule has 0 unspecified atom stereocenters. The summed E-state index contributed by atoms with van der Waals surface area (Å²) in [6.45, 7) is 6.29. The smallest absolute Gasteiger partial charge is 0.253 e. The summed E-state index contributed by atoms with van der Waals surface area (Å²) in [4.78, 5) is 17.2. The second-order valence-electron chi connectivity index (χ2n) is 8.66. The molecule has 0 aliphatic carbocycles. The number of amides is 1. The van der Waals surface area contributed by atoms with Gasteiger partial charge in [-0.1, -0.05) is 53.6 Å². The number of hydrogen-bond donors (Lipinski definition) is 0. The van der Waals surface area contributed by atoms with Crippen LogP contribution in [0.2, 0.25) is 5.02 Å². The molecule has 1 atom stereocenters. The zero-order valence-corrected chi connectivity index (χ0v) is 20.5. The molecule has 0 spiro atoms. The number of halogens is 1. The van der Waals surface area contributed by atoms with Gasteiger partial charge < -0.3 is 14.4 Å². The molecular formula is C28H31ClN2O3. The monoisotopic (exact) mass is 478 g/mol. The quantitative estimate of drug-likeness (QED) is 0.436. The second-order valence-corrected chi connectivity index (χ2v) is 9.10. The molecule has 6 heteroatoms. The van der Waals surface area contributed by atoms with Crippen molar-refractivity contribution in [1.29, 1.82) is 0 Å². The molecule has 0 radical (unpaired) electrons. The topological polar surface area (TPSA) is 42.0 Å². The molecule has 4 rings (SSSR count). The molecule has 3 aromatic rings. The van der Waals surface area contributed by atoms with Crippen molar-refractivity contribution in [3.8, 4) is 5.75 Å². The first-order valence-electron chi connectivity index (χ1n) is 11.6. The molecule has 0 N–H and O–H groups in total. The van der Waals surface area contributed by atoms with Crippen molar-refractivity contribution in [2.45, 2.75) is 19.6 Å². The van der Waals surface area contributed by atoms with Gasteiger partial charge >= 0.3 is 0 Å². The number of piperazine rings is 1. The first-order valence-corrected chi connectivity index (χ1v) is 12.0. The third-order valence-electron chi connectivity index (χ3n) is 6.21. The van der Waals surface area contributed by atoms with Gasteiger partial charge in [-0.3, -0.25) is 9.69 Å². The van der Waals surface area contributed by atoms with E-state index < -0.39 is 0 Å². The average Bonchev–Trinajstić information content (AvgIpc) is 2.87. The zero-order chi connectivity index (χ0) is 23.9. The maximum Gasteiger partial charge on any atom is 0.253 e. The molecular weight excluding hydrogens is 448 g/mol. The number of nitrogens with zero attached hydrogens (tertiary/aromatic N) is 2. The summed E-state index contributed by atoms with van der Waals surface area (Å²) in [6.07, 6.45) is -0.109. The van der Waals surface area contributed by atoms with E-state index >= 15 is 0 Å². The Kier molecular flexibility index (Phi) is 8.22. The van der Waals surface area contributed by atoms with Crippen LogP contribution in [0.4, 0.5) is 0 Å². The molecule has 0 bridgehead atoms. The van der Waals surface area contributed by atoms with Gasteiger partial charge in [0.2, 0.25) is 0 Å². The number of carbonyl (C=O) groups excluding carboxylic acids is 1. The number of rotatable bonds is 8. The molecule has 0 aromatic heterocycles. The van der Waals surface area contributed by atoms with Crippen molar-refractivity contribution in [1.82, 2.24) is 9.80 Å². The first kappa shape index (κ1) is 24.3. The second kappa shape index (κ2) is 11.5. The summed E-state index contributed by atoms with van der Waals surface area (Å²) in [7, 11) is 1.67. The molecule has 1 amide bonds. The van der Waals surface area contributed by atoms with Crippen LogP contribution < -0.4 is 4.74 Å². The third kappa shape index (κ3) is 6.38. The standard InChI is InChI=1S/C28H31ClN2O3/c1-21-6-8-24(9-7-21)28(32)31-16-14-30(15-17-31)19-27(23-10-12-25(29)13-11-23)34-20-22-4-3-5-26(18-22)33-2/h3-13,18,27H,14-17,19-20H2,1-2H3/t27-/m1/s1. The fourth-order valence-corrected chi connectivity index (χ4v) is 4.26. The van der Waals surface area contributed by atoms with E-state index in [1.807, 2.05) is 84.6 Å². The van der Waals surface area contributed by atoms with E-state index in [0.29, 0.717) is 24.7 Å². The molecule has 0 saturated carbocycles. The van der Waals surface area contributed by atoms with Gasteiger partial charge in [0.15, 0.2) is 0 Å². The van der Waals surface area contributed by atoms with Gasteiger partial charge in [-0.15, -0.1) is 0 Å². The van der Waals surface area contributed by atoms with Crippen LogP contribution in [0.15, 0.2) is 72.8 Å². The van der Waals surface area contributed by atoms with Gasteiger partial charge in [0.25, 0.3) is 5.91 Å². The van der Waals surface area contributed by atoms with Gasteiger partial charge in [0.1, 0.15) is 5.75 Å². The van der Waals surface area contributed by atoms with Crippen molar-refractivity contribution in [2.24, 2.45) is 0 Å². The van der Waals surface area contributed by atoms with E-state index in [2.05, 4.69) is 4.90 Å². The predicted octanol–water partition coefficient (Wildman–Crippen LogP) is 5.37. The van der Waals surface area contributed by atoms with Crippen LogP contribution in [0.25, 0.3) is 0 Å². The summed E-state index contributed by atoms with van der Waals surface area (Å²) >= 11 is 6.12. The van der Waals surface area contributed by atoms with Crippen molar-refractivity contribution >= 4 is 17.5 Å². The van der Waals surface area contributed by atoms with Crippen molar-refractivity contribution in [3.63, 3.8) is 0 Å². The minimum absolute atomic E-state index is 0.100. The number of methoxy groups -OCH3 is 1. The largest absolute Gasteiger partial charge is 0.497 e. The summed E-state index contributed by atoms with van der Waals surface area (Å²) in [6, 6.07) is 23.6. The summed E-state index contributed by atoms with van der Waals surface area (Å²) in [5.41, 5.74) is 4.06. The highest BCUT2D eigenvalue weighted by Crippen LogP contribution is 2.24. The van der Waals surface area contributed by atoms with E-state index in [4.69, 9.17) is 21.1 Å². The van der Waals surface area contributed by atoms with E-state index in [1.165, 1.54) is 0 Å². The third-order valence-corrected chi connectivity index (χ3v) is 6.46. The van der Waals surface area contributed by atoms with Crippen LogP contribution in [0.5, 0.6) is 5.75 Å². The van der Waals surface area contributed by atoms with Gasteiger partial charge in [-0.05, 0) is 54.4 Å². The molecule has 178 valence electrons. The van der Waals surface area contributed by atoms with Crippen LogP contribution in [-0.2, 0) is 11.3 Å². The molecule has 1 fully saturated rings. The van der Waals surface area contributed by atoms with Crippen LogP contribution in [0.1, 0.15) is 33.2 Å². The van der Waals surface area contributed by atoms with Crippen LogP contribution in [0, 0.1) is 6.92 Å². The Bertz CT molecular complexity index is 1080.